The van der Waals surface area contributed by atoms with Gasteiger partial charge in [-0.25, -0.2) is 0 Å². The van der Waals surface area contributed by atoms with E-state index in [1.165, 1.54) is 5.98 Å². The van der Waals surface area contributed by atoms with Crippen LogP contribution in [0.15, 0.2) is 12.1 Å². The van der Waals surface area contributed by atoms with Crippen LogP contribution in [0, 0.1) is 17.2 Å². The molecule has 0 fully saturated rings. The Hall–Kier alpha value is -0.645. The Morgan fingerprint density at radius 3 is 1.53 bits per heavy atom. The second-order valence-electron chi connectivity index (χ2n) is 4.78. The molecule has 0 aliphatic rings. The summed E-state index contributed by atoms with van der Waals surface area (Å²) in [6, 6.07) is 0. The zero-order valence-electron chi connectivity index (χ0n) is 11.8. The second-order valence-corrected chi connectivity index (χ2v) is 4.78. The highest BCUT2D eigenvalue weighted by Crippen LogP contribution is 2.12. The van der Waals surface area contributed by atoms with Gasteiger partial charge in [0.1, 0.15) is 7.85 Å². The van der Waals surface area contributed by atoms with Crippen LogP contribution in [0.5, 0.6) is 0 Å². The number of rotatable bonds is 3. The van der Waals surface area contributed by atoms with E-state index in [0.717, 1.165) is 0 Å². The monoisotopic (exact) mass is 245 g/mol. The van der Waals surface area contributed by atoms with Gasteiger partial charge in [-0.3, -0.25) is 0 Å². The molecule has 0 heterocycles. The van der Waals surface area contributed by atoms with E-state index in [9.17, 15) is 0 Å². The molecule has 0 aliphatic carbocycles. The Labute approximate surface area is 107 Å². The van der Waals surface area contributed by atoms with E-state index in [-0.39, 0.29) is 16.9 Å². The summed E-state index contributed by atoms with van der Waals surface area (Å²) >= 11 is 0. The molecule has 0 rings (SSSR count). The number of aliphatic hydroxyl groups is 1. The lowest BCUT2D eigenvalue weighted by atomic mass is 9.95. The highest BCUT2D eigenvalue weighted by Gasteiger charge is 2.16. The summed E-state index contributed by atoms with van der Waals surface area (Å²) in [5.41, 5.74) is 0.0764. The number of allylic oxidation sites excluding steroid dienone is 1. The Balaban J connectivity index is -0.0000000896. The predicted molar refractivity (Wildman–Crippen MR) is 75.8 cm³/mol. The molecule has 0 amide bonds. The van der Waals surface area contributed by atoms with Gasteiger partial charge >= 0.3 is 0 Å². The van der Waals surface area contributed by atoms with Crippen molar-refractivity contribution >= 4 is 13.6 Å². The lowest BCUT2D eigenvalue weighted by Gasteiger charge is -2.21. The zero-order chi connectivity index (χ0) is 12.6. The maximum Gasteiger partial charge on any atom is 0.102 e. The number of hydrogen-bond donors (Lipinski definition) is 2. The molecular formula is C12H28BNO3. The fourth-order valence-electron chi connectivity index (χ4n) is 0.296. The SMILES string of the molecule is CC(C)C(C)(C)O.O.O.[B]/C=C/C(=N)C(C)C. The van der Waals surface area contributed by atoms with Crippen molar-refractivity contribution in [2.24, 2.45) is 11.8 Å². The molecule has 0 aromatic heterocycles. The van der Waals surface area contributed by atoms with Crippen molar-refractivity contribution in [3.63, 3.8) is 0 Å². The molecule has 0 saturated carbocycles. The van der Waals surface area contributed by atoms with Crippen LogP contribution >= 0.6 is 0 Å². The summed E-state index contributed by atoms with van der Waals surface area (Å²) in [7, 11) is 5.05. The predicted octanol–water partition coefficient (Wildman–Crippen LogP) is 1.11. The minimum absolute atomic E-state index is 0. The lowest BCUT2D eigenvalue weighted by Crippen LogP contribution is -2.25. The van der Waals surface area contributed by atoms with Crippen molar-refractivity contribution in [1.29, 1.82) is 5.41 Å². The van der Waals surface area contributed by atoms with Gasteiger partial charge in [-0.05, 0) is 25.7 Å². The molecule has 6 N–H and O–H groups in total. The van der Waals surface area contributed by atoms with Gasteiger partial charge in [0.25, 0.3) is 0 Å². The molecule has 102 valence electrons. The molecule has 0 aromatic rings. The molecule has 0 spiro atoms. The van der Waals surface area contributed by atoms with E-state index in [0.29, 0.717) is 11.6 Å². The molecule has 0 unspecified atom stereocenters. The van der Waals surface area contributed by atoms with E-state index in [2.05, 4.69) is 0 Å². The highest BCUT2D eigenvalue weighted by atomic mass is 16.3. The van der Waals surface area contributed by atoms with E-state index in [4.69, 9.17) is 18.4 Å². The van der Waals surface area contributed by atoms with E-state index in [1.807, 2.05) is 41.5 Å². The lowest BCUT2D eigenvalue weighted by molar-refractivity contribution is 0.0327. The summed E-state index contributed by atoms with van der Waals surface area (Å²) in [6.07, 6.45) is 1.60. The quantitative estimate of drug-likeness (QED) is 0.563. The molecule has 2 radical (unpaired) electrons. The molecule has 0 bridgehead atoms. The molecular weight excluding hydrogens is 217 g/mol. The zero-order valence-corrected chi connectivity index (χ0v) is 11.8. The largest absolute Gasteiger partial charge is 0.412 e. The summed E-state index contributed by atoms with van der Waals surface area (Å²) in [4.78, 5) is 0. The van der Waals surface area contributed by atoms with Crippen LogP contribution in [0.2, 0.25) is 0 Å². The second kappa shape index (κ2) is 11.8. The average molecular weight is 245 g/mol. The summed E-state index contributed by atoms with van der Waals surface area (Å²) in [5, 5.41) is 16.3. The third kappa shape index (κ3) is 17.9. The minimum atomic E-state index is -0.500. The van der Waals surface area contributed by atoms with Crippen LogP contribution < -0.4 is 0 Å². The number of nitrogens with one attached hydrogen (secondary N) is 1. The Morgan fingerprint density at radius 1 is 1.18 bits per heavy atom. The molecule has 0 saturated heterocycles. The topological polar surface area (TPSA) is 107 Å². The minimum Gasteiger partial charge on any atom is -0.412 e. The smallest absolute Gasteiger partial charge is 0.102 e. The number of hydrogen-bond acceptors (Lipinski definition) is 2. The molecule has 0 aromatic carbocycles. The van der Waals surface area contributed by atoms with Crippen molar-refractivity contribution in [2.75, 3.05) is 0 Å². The van der Waals surface area contributed by atoms with Gasteiger partial charge in [-0.15, -0.1) is 5.98 Å². The van der Waals surface area contributed by atoms with E-state index in [1.54, 1.807) is 6.08 Å². The fraction of sp³-hybridized carbons (Fsp3) is 0.750. The third-order valence-corrected chi connectivity index (χ3v) is 2.31. The van der Waals surface area contributed by atoms with Gasteiger partial charge in [0.15, 0.2) is 0 Å². The third-order valence-electron chi connectivity index (χ3n) is 2.31. The normalized spacial score (nSPS) is 10.4. The Kier molecular flexibility index (Phi) is 17.6. The van der Waals surface area contributed by atoms with Gasteiger partial charge in [0.2, 0.25) is 0 Å². The summed E-state index contributed by atoms with van der Waals surface area (Å²) in [5.74, 6) is 2.03. The van der Waals surface area contributed by atoms with Crippen molar-refractivity contribution in [3.05, 3.63) is 12.1 Å². The van der Waals surface area contributed by atoms with Crippen molar-refractivity contribution in [1.82, 2.24) is 0 Å². The van der Waals surface area contributed by atoms with Crippen LogP contribution in [0.4, 0.5) is 0 Å². The summed E-state index contributed by atoms with van der Waals surface area (Å²) in [6.45, 7) is 11.6. The Bertz CT molecular complexity index is 208. The van der Waals surface area contributed by atoms with Crippen LogP contribution in [-0.2, 0) is 0 Å². The first-order valence-corrected chi connectivity index (χ1v) is 5.32. The van der Waals surface area contributed by atoms with Gasteiger partial charge in [-0.2, -0.15) is 0 Å². The van der Waals surface area contributed by atoms with Gasteiger partial charge in [0.05, 0.1) is 5.60 Å². The Morgan fingerprint density at radius 2 is 1.47 bits per heavy atom. The first-order valence-electron chi connectivity index (χ1n) is 5.32. The summed E-state index contributed by atoms with van der Waals surface area (Å²) < 4.78 is 0. The standard InChI is InChI=1S/C6H10BN.C6H14O.2H2O/c1-5(2)6(8)3-4-7;1-5(2)6(3,4)7;;/h3-5,8H,1-2H3;5,7H,1-4H3;2*1H2/b4-3+,8-6?;;;. The van der Waals surface area contributed by atoms with Crippen LogP contribution in [0.1, 0.15) is 41.5 Å². The maximum absolute atomic E-state index is 9.09. The fourth-order valence-corrected chi connectivity index (χ4v) is 0.296. The molecule has 5 heteroatoms. The van der Waals surface area contributed by atoms with Crippen LogP contribution in [0.25, 0.3) is 0 Å². The van der Waals surface area contributed by atoms with Gasteiger partial charge in [0, 0.05) is 5.71 Å². The molecule has 4 nitrogen and oxygen atoms in total. The molecule has 17 heavy (non-hydrogen) atoms. The van der Waals surface area contributed by atoms with E-state index < -0.39 is 5.60 Å². The van der Waals surface area contributed by atoms with Gasteiger partial charge in [-0.1, -0.05) is 33.8 Å². The molecule has 0 aliphatic heterocycles. The molecule has 0 atom stereocenters. The van der Waals surface area contributed by atoms with Crippen molar-refractivity contribution < 1.29 is 16.1 Å². The van der Waals surface area contributed by atoms with Crippen LogP contribution in [-0.4, -0.2) is 35.2 Å². The van der Waals surface area contributed by atoms with Gasteiger partial charge < -0.3 is 21.5 Å². The van der Waals surface area contributed by atoms with Crippen molar-refractivity contribution in [3.8, 4) is 0 Å². The highest BCUT2D eigenvalue weighted by molar-refractivity contribution is 6.19. The van der Waals surface area contributed by atoms with E-state index >= 15 is 0 Å². The average Bonchev–Trinajstić information content (AvgIpc) is 2.03. The van der Waals surface area contributed by atoms with Crippen LogP contribution in [0.3, 0.4) is 0 Å². The first kappa shape index (κ1) is 25.3. The first-order chi connectivity index (χ1) is 6.62. The maximum atomic E-state index is 9.09. The van der Waals surface area contributed by atoms with Crippen molar-refractivity contribution in [2.45, 2.75) is 47.1 Å².